The molecule has 1 aromatic carbocycles. The van der Waals surface area contributed by atoms with Crippen molar-refractivity contribution in [2.45, 2.75) is 40.5 Å². The first-order valence-corrected chi connectivity index (χ1v) is 6.34. The van der Waals surface area contributed by atoms with Crippen molar-refractivity contribution >= 4 is 0 Å². The molecule has 0 aromatic heterocycles. The predicted octanol–water partition coefficient (Wildman–Crippen LogP) is 4.88. The largest absolute Gasteiger partial charge is 0.0628 e. The molecule has 16 heavy (non-hydrogen) atoms. The average molecular weight is 216 g/mol. The molecule has 0 aliphatic heterocycles. The van der Waals surface area contributed by atoms with E-state index in [9.17, 15) is 0 Å². The smallest absolute Gasteiger partial charge is 0.00906 e. The second-order valence-electron chi connectivity index (χ2n) is 5.33. The van der Waals surface area contributed by atoms with Gasteiger partial charge in [-0.2, -0.15) is 0 Å². The van der Waals surface area contributed by atoms with E-state index >= 15 is 0 Å². The van der Waals surface area contributed by atoms with Gasteiger partial charge in [0.2, 0.25) is 0 Å². The van der Waals surface area contributed by atoms with E-state index in [2.05, 4.69) is 64.8 Å². The van der Waals surface area contributed by atoms with Crippen LogP contribution in [0.15, 0.2) is 24.3 Å². The minimum atomic E-state index is 0.743. The van der Waals surface area contributed by atoms with Crippen molar-refractivity contribution < 1.29 is 0 Å². The van der Waals surface area contributed by atoms with Gasteiger partial charge in [0.15, 0.2) is 0 Å². The van der Waals surface area contributed by atoms with Crippen LogP contribution in [0.2, 0.25) is 0 Å². The van der Waals surface area contributed by atoms with Crippen LogP contribution in [0.25, 0.3) is 0 Å². The standard InChI is InChI=1S/C16H24/c1-13(2)5-7-15-9-11-16(12-10-15)8-6-14(3)4/h7-14H,5-6H2,1-4H3. The lowest BCUT2D eigenvalue weighted by molar-refractivity contribution is 0.642. The van der Waals surface area contributed by atoms with Gasteiger partial charge in [-0.3, -0.25) is 0 Å². The summed E-state index contributed by atoms with van der Waals surface area (Å²) in [7, 11) is 0. The van der Waals surface area contributed by atoms with E-state index in [1.165, 1.54) is 11.1 Å². The van der Waals surface area contributed by atoms with Gasteiger partial charge < -0.3 is 0 Å². The van der Waals surface area contributed by atoms with Crippen LogP contribution in [0, 0.1) is 24.7 Å². The maximum absolute atomic E-state index is 2.32. The number of benzene rings is 1. The van der Waals surface area contributed by atoms with Crippen LogP contribution in [-0.4, -0.2) is 0 Å². The second kappa shape index (κ2) is 6.73. The first-order valence-electron chi connectivity index (χ1n) is 6.34. The van der Waals surface area contributed by atoms with Crippen LogP contribution in [0.1, 0.15) is 51.7 Å². The molecule has 0 amide bonds. The molecule has 88 valence electrons. The number of rotatable bonds is 6. The Hall–Kier alpha value is -0.780. The van der Waals surface area contributed by atoms with Gasteiger partial charge in [-0.15, -0.1) is 0 Å². The summed E-state index contributed by atoms with van der Waals surface area (Å²) >= 11 is 0. The lowest BCUT2D eigenvalue weighted by Gasteiger charge is -2.07. The Morgan fingerprint density at radius 2 is 1.06 bits per heavy atom. The maximum atomic E-state index is 2.32. The van der Waals surface area contributed by atoms with Crippen LogP contribution in [0.4, 0.5) is 0 Å². The summed E-state index contributed by atoms with van der Waals surface area (Å²) in [5.41, 5.74) is 2.69. The van der Waals surface area contributed by atoms with Gasteiger partial charge >= 0.3 is 0 Å². The summed E-state index contributed by atoms with van der Waals surface area (Å²) in [5.74, 6) is 1.49. The highest BCUT2D eigenvalue weighted by atomic mass is 14.0. The van der Waals surface area contributed by atoms with Crippen LogP contribution < -0.4 is 0 Å². The molecular formula is C16H24. The molecular weight excluding hydrogens is 192 g/mol. The normalized spacial score (nSPS) is 11.4. The van der Waals surface area contributed by atoms with Crippen molar-refractivity contribution in [3.05, 3.63) is 48.2 Å². The molecule has 0 nitrogen and oxygen atoms in total. The highest BCUT2D eigenvalue weighted by Gasteiger charge is 2.00. The maximum Gasteiger partial charge on any atom is -0.00906 e. The fourth-order valence-electron chi connectivity index (χ4n) is 1.51. The Morgan fingerprint density at radius 1 is 0.750 bits per heavy atom. The molecule has 0 unspecified atom stereocenters. The summed E-state index contributed by atoms with van der Waals surface area (Å²) in [6.45, 7) is 9.01. The minimum Gasteiger partial charge on any atom is -0.0628 e. The van der Waals surface area contributed by atoms with E-state index in [1.54, 1.807) is 0 Å². The van der Waals surface area contributed by atoms with Crippen LogP contribution in [-0.2, 0) is 0 Å². The average Bonchev–Trinajstić information content (AvgIpc) is 2.25. The van der Waals surface area contributed by atoms with Crippen LogP contribution >= 0.6 is 0 Å². The molecule has 0 saturated carbocycles. The summed E-state index contributed by atoms with van der Waals surface area (Å²) in [4.78, 5) is 0. The van der Waals surface area contributed by atoms with E-state index in [0.29, 0.717) is 0 Å². The van der Waals surface area contributed by atoms with Gasteiger partial charge in [-0.25, -0.2) is 0 Å². The third-order valence-electron chi connectivity index (χ3n) is 2.59. The van der Waals surface area contributed by atoms with Crippen molar-refractivity contribution in [2.24, 2.45) is 11.8 Å². The molecule has 1 rings (SSSR count). The fourth-order valence-corrected chi connectivity index (χ4v) is 1.51. The van der Waals surface area contributed by atoms with E-state index in [0.717, 1.165) is 24.7 Å². The van der Waals surface area contributed by atoms with Gasteiger partial charge in [-0.05, 0) is 48.6 Å². The third-order valence-corrected chi connectivity index (χ3v) is 2.59. The van der Waals surface area contributed by atoms with E-state index < -0.39 is 0 Å². The summed E-state index contributed by atoms with van der Waals surface area (Å²) < 4.78 is 0. The van der Waals surface area contributed by atoms with Gasteiger partial charge in [0.05, 0.1) is 0 Å². The van der Waals surface area contributed by atoms with E-state index in [-0.39, 0.29) is 0 Å². The zero-order chi connectivity index (χ0) is 12.0. The molecule has 1 aromatic rings. The molecule has 0 aliphatic carbocycles. The van der Waals surface area contributed by atoms with Crippen LogP contribution in [0.5, 0.6) is 0 Å². The molecule has 0 bridgehead atoms. The molecule has 0 N–H and O–H groups in total. The fraction of sp³-hybridized carbons (Fsp3) is 0.500. The zero-order valence-electron chi connectivity index (χ0n) is 11.0. The van der Waals surface area contributed by atoms with Crippen molar-refractivity contribution in [1.82, 2.24) is 0 Å². The predicted molar refractivity (Wildman–Crippen MR) is 72.2 cm³/mol. The van der Waals surface area contributed by atoms with Crippen molar-refractivity contribution in [1.29, 1.82) is 0 Å². The summed E-state index contributed by atoms with van der Waals surface area (Å²) in [5, 5.41) is 0. The van der Waals surface area contributed by atoms with Gasteiger partial charge in [0.1, 0.15) is 0 Å². The lowest BCUT2D eigenvalue weighted by Crippen LogP contribution is -1.92. The number of hydrogen-bond acceptors (Lipinski definition) is 0. The topological polar surface area (TPSA) is 0 Å². The Kier molecular flexibility index (Phi) is 5.59. The van der Waals surface area contributed by atoms with Crippen LogP contribution in [0.3, 0.4) is 0 Å². The zero-order valence-corrected chi connectivity index (χ0v) is 11.0. The summed E-state index contributed by atoms with van der Waals surface area (Å²) in [6, 6.07) is 8.87. The van der Waals surface area contributed by atoms with E-state index in [4.69, 9.17) is 0 Å². The Morgan fingerprint density at radius 3 is 1.31 bits per heavy atom. The van der Waals surface area contributed by atoms with Gasteiger partial charge in [-0.1, -0.05) is 52.0 Å². The highest BCUT2D eigenvalue weighted by molar-refractivity contribution is 5.31. The molecule has 0 heterocycles. The summed E-state index contributed by atoms with van der Waals surface area (Å²) in [6.07, 6.45) is 6.96. The molecule has 0 fully saturated rings. The Bertz CT molecular complexity index is 248. The molecule has 0 saturated heterocycles. The van der Waals surface area contributed by atoms with Crippen molar-refractivity contribution in [2.75, 3.05) is 0 Å². The minimum absolute atomic E-state index is 0.743. The van der Waals surface area contributed by atoms with Gasteiger partial charge in [0, 0.05) is 0 Å². The highest BCUT2D eigenvalue weighted by Crippen LogP contribution is 2.15. The molecule has 0 spiro atoms. The van der Waals surface area contributed by atoms with E-state index in [1.807, 2.05) is 0 Å². The van der Waals surface area contributed by atoms with Crippen molar-refractivity contribution in [3.8, 4) is 0 Å². The number of hydrogen-bond donors (Lipinski definition) is 0. The first kappa shape index (κ1) is 13.3. The molecule has 0 aliphatic rings. The second-order valence-corrected chi connectivity index (χ2v) is 5.33. The van der Waals surface area contributed by atoms with Gasteiger partial charge in [0.25, 0.3) is 0 Å². The molecule has 0 atom stereocenters. The quantitative estimate of drug-likeness (QED) is 0.635. The Balaban J connectivity index is 2.41. The third kappa shape index (κ3) is 5.34. The first-order chi connectivity index (χ1) is 7.58. The SMILES string of the molecule is CC(C)C[CH]c1ccc([CH]CC(C)C)cc1. The monoisotopic (exact) mass is 216 g/mol. The molecule has 0 heteroatoms. The lowest BCUT2D eigenvalue weighted by atomic mass is 9.99. The van der Waals surface area contributed by atoms with Crippen molar-refractivity contribution in [3.63, 3.8) is 0 Å². The molecule has 2 radical (unpaired) electrons. The Labute approximate surface area is 101 Å².